The Labute approximate surface area is 146 Å². The molecule has 1 aromatic carbocycles. The van der Waals surface area contributed by atoms with Gasteiger partial charge >= 0.3 is 5.97 Å². The number of hydrogen-bond donors (Lipinski definition) is 2. The van der Waals surface area contributed by atoms with Crippen LogP contribution in [0.3, 0.4) is 0 Å². The predicted molar refractivity (Wildman–Crippen MR) is 90.0 cm³/mol. The van der Waals surface area contributed by atoms with Crippen LogP contribution in [0.1, 0.15) is 43.0 Å². The number of carboxylic acids is 1. The van der Waals surface area contributed by atoms with E-state index in [0.29, 0.717) is 24.9 Å². The molecule has 0 saturated carbocycles. The van der Waals surface area contributed by atoms with Crippen molar-refractivity contribution in [3.8, 4) is 0 Å². The van der Waals surface area contributed by atoms with Crippen LogP contribution >= 0.6 is 0 Å². The van der Waals surface area contributed by atoms with Gasteiger partial charge in [-0.1, -0.05) is 30.3 Å². The average Bonchev–Trinajstić information content (AvgIpc) is 3.09. The van der Waals surface area contributed by atoms with Crippen molar-refractivity contribution in [3.63, 3.8) is 0 Å². The van der Waals surface area contributed by atoms with Gasteiger partial charge in [0, 0.05) is 24.9 Å². The molecule has 134 valence electrons. The maximum Gasteiger partial charge on any atom is 0.326 e. The van der Waals surface area contributed by atoms with E-state index in [1.54, 1.807) is 30.3 Å². The number of aliphatic carboxylic acids is 1. The molecule has 2 N–H and O–H groups in total. The predicted octanol–water partition coefficient (Wildman–Crippen LogP) is 1.23. The van der Waals surface area contributed by atoms with Crippen LogP contribution in [0.4, 0.5) is 0 Å². The van der Waals surface area contributed by atoms with Crippen LogP contribution in [0.25, 0.3) is 0 Å². The van der Waals surface area contributed by atoms with Crippen LogP contribution in [-0.4, -0.2) is 52.2 Å². The van der Waals surface area contributed by atoms with E-state index < -0.39 is 29.9 Å². The highest BCUT2D eigenvalue weighted by molar-refractivity contribution is 5.98. The molecule has 2 atom stereocenters. The van der Waals surface area contributed by atoms with Crippen LogP contribution < -0.4 is 5.32 Å². The van der Waals surface area contributed by atoms with E-state index in [9.17, 15) is 19.2 Å². The monoisotopic (exact) mass is 346 g/mol. The van der Waals surface area contributed by atoms with Crippen molar-refractivity contribution < 1.29 is 24.3 Å². The number of likely N-dealkylation sites (tertiary alicyclic amines) is 1. The number of Topliss-reactive ketones (excluding diaryl/α,β-unsaturated/α-hetero) is 1. The van der Waals surface area contributed by atoms with Crippen molar-refractivity contribution in [2.24, 2.45) is 0 Å². The number of rotatable bonds is 7. The highest BCUT2D eigenvalue weighted by Crippen LogP contribution is 2.18. The molecule has 25 heavy (non-hydrogen) atoms. The molecule has 0 radical (unpaired) electrons. The van der Waals surface area contributed by atoms with Gasteiger partial charge in [0.2, 0.25) is 11.8 Å². The first-order valence-corrected chi connectivity index (χ1v) is 8.31. The van der Waals surface area contributed by atoms with Gasteiger partial charge in [0.1, 0.15) is 12.1 Å². The zero-order valence-electron chi connectivity index (χ0n) is 14.1. The number of carboxylic acid groups (broad SMARTS) is 1. The third-order valence-corrected chi connectivity index (χ3v) is 4.24. The summed E-state index contributed by atoms with van der Waals surface area (Å²) >= 11 is 0. The number of nitrogens with one attached hydrogen (secondary N) is 1. The van der Waals surface area contributed by atoms with Gasteiger partial charge in [-0.2, -0.15) is 0 Å². The van der Waals surface area contributed by atoms with Crippen molar-refractivity contribution in [2.75, 3.05) is 6.54 Å². The molecule has 0 spiro atoms. The van der Waals surface area contributed by atoms with Crippen molar-refractivity contribution in [3.05, 3.63) is 35.9 Å². The number of carbonyl (C=O) groups excluding carboxylic acids is 3. The van der Waals surface area contributed by atoms with E-state index >= 15 is 0 Å². The minimum absolute atomic E-state index is 0.0201. The number of benzene rings is 1. The Morgan fingerprint density at radius 3 is 2.52 bits per heavy atom. The molecule has 1 aliphatic heterocycles. The molecule has 2 amide bonds. The zero-order valence-corrected chi connectivity index (χ0v) is 14.1. The summed E-state index contributed by atoms with van der Waals surface area (Å²) in [5.41, 5.74) is 0.542. The first kappa shape index (κ1) is 18.6. The Balaban J connectivity index is 1.82. The summed E-state index contributed by atoms with van der Waals surface area (Å²) in [5, 5.41) is 11.7. The fourth-order valence-corrected chi connectivity index (χ4v) is 2.91. The van der Waals surface area contributed by atoms with Crippen LogP contribution in [0.2, 0.25) is 0 Å². The van der Waals surface area contributed by atoms with Crippen molar-refractivity contribution >= 4 is 23.6 Å². The standard InChI is InChI=1S/C18H22N2O5/c1-12(17(23)20-11-5-8-14(20)18(24)25)19-16(22)10-9-15(21)13-6-3-2-4-7-13/h2-4,6-7,12,14H,5,8-11H2,1H3,(H,19,22)(H,24,25)/t12-,14-/m0/s1. The Bertz CT molecular complexity index is 659. The molecule has 7 nitrogen and oxygen atoms in total. The SMILES string of the molecule is C[C@H](NC(=O)CCC(=O)c1ccccc1)C(=O)N1CCC[C@H]1C(=O)O. The van der Waals surface area contributed by atoms with Gasteiger partial charge in [-0.05, 0) is 19.8 Å². The van der Waals surface area contributed by atoms with E-state index in [1.165, 1.54) is 11.8 Å². The molecule has 1 saturated heterocycles. The minimum atomic E-state index is -1.03. The largest absolute Gasteiger partial charge is 0.480 e. The molecular formula is C18H22N2O5. The van der Waals surface area contributed by atoms with Crippen molar-refractivity contribution in [1.29, 1.82) is 0 Å². The van der Waals surface area contributed by atoms with Crippen molar-refractivity contribution in [1.82, 2.24) is 10.2 Å². The molecule has 1 fully saturated rings. The van der Waals surface area contributed by atoms with E-state index in [0.717, 1.165) is 0 Å². The summed E-state index contributed by atoms with van der Waals surface area (Å²) in [5.74, 6) is -1.98. The number of hydrogen-bond acceptors (Lipinski definition) is 4. The summed E-state index contributed by atoms with van der Waals surface area (Å²) in [7, 11) is 0. The molecule has 0 unspecified atom stereocenters. The molecular weight excluding hydrogens is 324 g/mol. The maximum atomic E-state index is 12.3. The van der Waals surface area contributed by atoms with Crippen LogP contribution in [0.15, 0.2) is 30.3 Å². The first-order chi connectivity index (χ1) is 11.9. The minimum Gasteiger partial charge on any atom is -0.480 e. The van der Waals surface area contributed by atoms with Crippen LogP contribution in [0.5, 0.6) is 0 Å². The van der Waals surface area contributed by atoms with Gasteiger partial charge < -0.3 is 15.3 Å². The third kappa shape index (κ3) is 4.89. The lowest BCUT2D eigenvalue weighted by Gasteiger charge is -2.25. The second-order valence-electron chi connectivity index (χ2n) is 6.11. The highest BCUT2D eigenvalue weighted by atomic mass is 16.4. The Hall–Kier alpha value is -2.70. The first-order valence-electron chi connectivity index (χ1n) is 8.31. The van der Waals surface area contributed by atoms with E-state index in [1.807, 2.05) is 0 Å². The molecule has 0 aromatic heterocycles. The van der Waals surface area contributed by atoms with Crippen LogP contribution in [-0.2, 0) is 14.4 Å². The fraction of sp³-hybridized carbons (Fsp3) is 0.444. The van der Waals surface area contributed by atoms with E-state index in [-0.39, 0.29) is 18.6 Å². The fourth-order valence-electron chi connectivity index (χ4n) is 2.91. The second-order valence-corrected chi connectivity index (χ2v) is 6.11. The quantitative estimate of drug-likeness (QED) is 0.723. The second kappa shape index (κ2) is 8.41. The lowest BCUT2D eigenvalue weighted by molar-refractivity contribution is -0.149. The number of amides is 2. The number of carbonyl (C=O) groups is 4. The number of nitrogens with zero attached hydrogens (tertiary/aromatic N) is 1. The molecule has 1 heterocycles. The maximum absolute atomic E-state index is 12.3. The molecule has 0 bridgehead atoms. The van der Waals surface area contributed by atoms with Gasteiger partial charge in [-0.25, -0.2) is 4.79 Å². The summed E-state index contributed by atoms with van der Waals surface area (Å²) in [6.45, 7) is 1.90. The molecule has 1 aliphatic rings. The van der Waals surface area contributed by atoms with E-state index in [2.05, 4.69) is 5.32 Å². The van der Waals surface area contributed by atoms with Gasteiger partial charge in [0.05, 0.1) is 0 Å². The normalized spacial score (nSPS) is 17.8. The summed E-state index contributed by atoms with van der Waals surface area (Å²) in [6.07, 6.45) is 1.09. The summed E-state index contributed by atoms with van der Waals surface area (Å²) in [6, 6.07) is 7.04. The van der Waals surface area contributed by atoms with Crippen LogP contribution in [0, 0.1) is 0 Å². The van der Waals surface area contributed by atoms with Gasteiger partial charge in [0.15, 0.2) is 5.78 Å². The van der Waals surface area contributed by atoms with Gasteiger partial charge in [-0.15, -0.1) is 0 Å². The average molecular weight is 346 g/mol. The summed E-state index contributed by atoms with van der Waals surface area (Å²) in [4.78, 5) is 48.7. The molecule has 2 rings (SSSR count). The zero-order chi connectivity index (χ0) is 18.4. The Kier molecular flexibility index (Phi) is 6.27. The number of ketones is 1. The molecule has 7 heteroatoms. The Morgan fingerprint density at radius 2 is 1.88 bits per heavy atom. The highest BCUT2D eigenvalue weighted by Gasteiger charge is 2.36. The Morgan fingerprint density at radius 1 is 1.20 bits per heavy atom. The third-order valence-electron chi connectivity index (χ3n) is 4.24. The van der Waals surface area contributed by atoms with Crippen molar-refractivity contribution in [2.45, 2.75) is 44.7 Å². The lowest BCUT2D eigenvalue weighted by atomic mass is 10.1. The summed E-state index contributed by atoms with van der Waals surface area (Å²) < 4.78 is 0. The van der Waals surface area contributed by atoms with Gasteiger partial charge in [0.25, 0.3) is 0 Å². The molecule has 0 aliphatic carbocycles. The topological polar surface area (TPSA) is 104 Å². The molecule has 1 aromatic rings. The lowest BCUT2D eigenvalue weighted by Crippen LogP contribution is -2.50. The van der Waals surface area contributed by atoms with E-state index in [4.69, 9.17) is 5.11 Å². The smallest absolute Gasteiger partial charge is 0.326 e. The van der Waals surface area contributed by atoms with Gasteiger partial charge in [-0.3, -0.25) is 14.4 Å².